The van der Waals surface area contributed by atoms with Crippen molar-refractivity contribution in [1.82, 2.24) is 10.6 Å². The Morgan fingerprint density at radius 2 is 1.62 bits per heavy atom. The largest absolute Gasteiger partial charge is 0.353 e. The van der Waals surface area contributed by atoms with Crippen molar-refractivity contribution in [3.63, 3.8) is 0 Å². The van der Waals surface area contributed by atoms with Gasteiger partial charge in [0.05, 0.1) is 0 Å². The first kappa shape index (κ1) is 20.7. The van der Waals surface area contributed by atoms with Crippen molar-refractivity contribution >= 4 is 28.2 Å². The molecule has 126 valence electrons. The van der Waals surface area contributed by atoms with E-state index in [9.17, 15) is 13.2 Å². The second-order valence-corrected chi connectivity index (χ2v) is 8.75. The van der Waals surface area contributed by atoms with Crippen LogP contribution < -0.4 is 10.6 Å². The maximum atomic E-state index is 11.9. The normalized spacial score (nSPS) is 17.7. The highest BCUT2D eigenvalue weighted by atomic mass is 35.5. The van der Waals surface area contributed by atoms with Crippen LogP contribution in [0.3, 0.4) is 0 Å². The summed E-state index contributed by atoms with van der Waals surface area (Å²) in [6, 6.07) is 0.539. The summed E-state index contributed by atoms with van der Waals surface area (Å²) in [4.78, 5) is 11.9. The number of hydrogen-bond donors (Lipinski definition) is 2. The molecule has 0 spiro atoms. The zero-order valence-electron chi connectivity index (χ0n) is 13.3. The van der Waals surface area contributed by atoms with Gasteiger partial charge in [-0.2, -0.15) is 0 Å². The Morgan fingerprint density at radius 1 is 1.10 bits per heavy atom. The molecule has 21 heavy (non-hydrogen) atoms. The molecule has 1 aliphatic carbocycles. The van der Waals surface area contributed by atoms with Crippen LogP contribution in [0.5, 0.6) is 0 Å². The van der Waals surface area contributed by atoms with E-state index in [2.05, 4.69) is 10.6 Å². The minimum Gasteiger partial charge on any atom is -0.353 e. The molecule has 0 unspecified atom stereocenters. The quantitative estimate of drug-likeness (QED) is 0.569. The third-order valence-electron chi connectivity index (χ3n) is 4.17. The van der Waals surface area contributed by atoms with E-state index in [1.165, 1.54) is 52.4 Å². The first-order valence-electron chi connectivity index (χ1n) is 7.46. The van der Waals surface area contributed by atoms with E-state index in [1.807, 2.05) is 0 Å². The van der Waals surface area contributed by atoms with Gasteiger partial charge in [-0.3, -0.25) is 4.79 Å². The van der Waals surface area contributed by atoms with Crippen molar-refractivity contribution in [2.24, 2.45) is 0 Å². The molecule has 0 bridgehead atoms. The van der Waals surface area contributed by atoms with Gasteiger partial charge in [-0.1, -0.05) is 25.7 Å². The average Bonchev–Trinajstić information content (AvgIpc) is 2.61. The molecule has 1 amide bonds. The van der Waals surface area contributed by atoms with Crippen LogP contribution in [-0.4, -0.2) is 44.5 Å². The summed E-state index contributed by atoms with van der Waals surface area (Å²) in [6.45, 7) is 4.04. The highest BCUT2D eigenvalue weighted by Crippen LogP contribution is 2.17. The molecule has 1 saturated carbocycles. The summed E-state index contributed by atoms with van der Waals surface area (Å²) in [6.07, 6.45) is 8.66. The van der Waals surface area contributed by atoms with Gasteiger partial charge in [0.2, 0.25) is 5.91 Å². The Hall–Kier alpha value is -0.330. The molecular formula is C14H29ClN2O3S. The van der Waals surface area contributed by atoms with Crippen molar-refractivity contribution in [2.75, 3.05) is 19.3 Å². The summed E-state index contributed by atoms with van der Waals surface area (Å²) < 4.78 is 21.7. The number of nitrogens with one attached hydrogen (secondary N) is 2. The van der Waals surface area contributed by atoms with Gasteiger partial charge >= 0.3 is 0 Å². The van der Waals surface area contributed by atoms with Crippen molar-refractivity contribution in [2.45, 2.75) is 63.2 Å². The molecule has 1 fully saturated rings. The predicted octanol–water partition coefficient (Wildman–Crippen LogP) is 1.66. The van der Waals surface area contributed by atoms with Gasteiger partial charge in [0, 0.05) is 25.4 Å². The standard InChI is InChI=1S/C14H28N2O3S.ClH/c1-14(2,20(3,18)19)13(17)16-11-10-15-12-8-6-4-5-7-9-12;/h12,15H,4-11H2,1-3H3,(H,16,17);1H. The lowest BCUT2D eigenvalue weighted by atomic mass is 10.1. The van der Waals surface area contributed by atoms with E-state index >= 15 is 0 Å². The van der Waals surface area contributed by atoms with Crippen LogP contribution in [0, 0.1) is 0 Å². The summed E-state index contributed by atoms with van der Waals surface area (Å²) in [5.74, 6) is -0.428. The summed E-state index contributed by atoms with van der Waals surface area (Å²) >= 11 is 0. The maximum Gasteiger partial charge on any atom is 0.240 e. The first-order valence-corrected chi connectivity index (χ1v) is 9.35. The number of halogens is 1. The van der Waals surface area contributed by atoms with Gasteiger partial charge in [-0.25, -0.2) is 8.42 Å². The summed E-state index contributed by atoms with van der Waals surface area (Å²) in [5, 5.41) is 6.15. The molecule has 0 radical (unpaired) electrons. The van der Waals surface area contributed by atoms with Gasteiger partial charge in [0.25, 0.3) is 0 Å². The van der Waals surface area contributed by atoms with E-state index in [1.54, 1.807) is 0 Å². The number of amides is 1. The molecule has 2 N–H and O–H groups in total. The van der Waals surface area contributed by atoms with E-state index < -0.39 is 20.5 Å². The minimum atomic E-state index is -3.40. The van der Waals surface area contributed by atoms with Crippen LogP contribution in [0.25, 0.3) is 0 Å². The van der Waals surface area contributed by atoms with Crippen LogP contribution in [0.4, 0.5) is 0 Å². The molecule has 0 aromatic heterocycles. The second kappa shape index (κ2) is 8.96. The number of hydrogen-bond acceptors (Lipinski definition) is 4. The second-order valence-electron chi connectivity index (χ2n) is 6.18. The Morgan fingerprint density at radius 3 is 2.10 bits per heavy atom. The summed E-state index contributed by atoms with van der Waals surface area (Å²) in [7, 11) is -3.40. The molecule has 0 heterocycles. The number of carbonyl (C=O) groups excluding carboxylic acids is 1. The lowest BCUT2D eigenvalue weighted by Gasteiger charge is -2.22. The lowest BCUT2D eigenvalue weighted by molar-refractivity contribution is -0.122. The Kier molecular flexibility index (Phi) is 8.81. The van der Waals surface area contributed by atoms with Gasteiger partial charge in [-0.05, 0) is 26.7 Å². The number of carbonyl (C=O) groups is 1. The highest BCUT2D eigenvalue weighted by molar-refractivity contribution is 7.92. The maximum absolute atomic E-state index is 11.9. The van der Waals surface area contributed by atoms with Crippen LogP contribution in [0.1, 0.15) is 52.4 Å². The molecule has 0 aliphatic heterocycles. The third kappa shape index (κ3) is 6.53. The summed E-state index contributed by atoms with van der Waals surface area (Å²) in [5.41, 5.74) is 0. The van der Waals surface area contributed by atoms with E-state index in [4.69, 9.17) is 0 Å². The fourth-order valence-corrected chi connectivity index (χ4v) is 2.73. The van der Waals surface area contributed by atoms with Crippen LogP contribution in [-0.2, 0) is 14.6 Å². The number of rotatable bonds is 6. The Bertz CT molecular complexity index is 416. The van der Waals surface area contributed by atoms with Gasteiger partial charge < -0.3 is 10.6 Å². The number of sulfone groups is 1. The SMILES string of the molecule is CC(C)(C(=O)NCCNC1CCCCCC1)S(C)(=O)=O.Cl. The van der Waals surface area contributed by atoms with Crippen molar-refractivity contribution in [3.8, 4) is 0 Å². The Balaban J connectivity index is 0.00000400. The van der Waals surface area contributed by atoms with Crippen molar-refractivity contribution in [1.29, 1.82) is 0 Å². The van der Waals surface area contributed by atoms with Gasteiger partial charge in [0.15, 0.2) is 9.84 Å². The van der Waals surface area contributed by atoms with E-state index in [0.29, 0.717) is 19.1 Å². The van der Waals surface area contributed by atoms with Crippen LogP contribution in [0.15, 0.2) is 0 Å². The van der Waals surface area contributed by atoms with Crippen LogP contribution in [0.2, 0.25) is 0 Å². The van der Waals surface area contributed by atoms with Gasteiger partial charge in [0.1, 0.15) is 4.75 Å². The molecule has 0 aromatic carbocycles. The molecule has 0 aromatic rings. The first-order chi connectivity index (χ1) is 9.25. The Labute approximate surface area is 135 Å². The van der Waals surface area contributed by atoms with E-state index in [-0.39, 0.29) is 12.4 Å². The lowest BCUT2D eigenvalue weighted by Crippen LogP contribution is -2.49. The zero-order chi connectivity index (χ0) is 15.2. The predicted molar refractivity (Wildman–Crippen MR) is 88.7 cm³/mol. The highest BCUT2D eigenvalue weighted by Gasteiger charge is 2.38. The zero-order valence-corrected chi connectivity index (χ0v) is 14.9. The minimum absolute atomic E-state index is 0. The van der Waals surface area contributed by atoms with E-state index in [0.717, 1.165) is 6.26 Å². The van der Waals surface area contributed by atoms with Crippen LogP contribution >= 0.6 is 12.4 Å². The topological polar surface area (TPSA) is 75.3 Å². The molecular weight excluding hydrogens is 312 g/mol. The molecule has 7 heteroatoms. The molecule has 5 nitrogen and oxygen atoms in total. The smallest absolute Gasteiger partial charge is 0.240 e. The molecule has 1 rings (SSSR count). The molecule has 0 saturated heterocycles. The van der Waals surface area contributed by atoms with Crippen molar-refractivity contribution < 1.29 is 13.2 Å². The third-order valence-corrected chi connectivity index (χ3v) is 6.21. The average molecular weight is 341 g/mol. The van der Waals surface area contributed by atoms with Gasteiger partial charge in [-0.15, -0.1) is 12.4 Å². The van der Waals surface area contributed by atoms with Crippen molar-refractivity contribution in [3.05, 3.63) is 0 Å². The monoisotopic (exact) mass is 340 g/mol. The fourth-order valence-electron chi connectivity index (χ4n) is 2.32. The fraction of sp³-hybridized carbons (Fsp3) is 0.929. The molecule has 0 atom stereocenters. The molecule has 1 aliphatic rings.